The van der Waals surface area contributed by atoms with Crippen LogP contribution in [0.15, 0.2) is 42.7 Å². The summed E-state index contributed by atoms with van der Waals surface area (Å²) in [5.41, 5.74) is 8.22. The van der Waals surface area contributed by atoms with Gasteiger partial charge in [0.25, 0.3) is 0 Å². The predicted octanol–water partition coefficient (Wildman–Crippen LogP) is 2.86. The number of carbonyl (C=O) groups is 1. The molecule has 6 heteroatoms. The molecular weight excluding hydrogens is 342 g/mol. The van der Waals surface area contributed by atoms with Crippen LogP contribution >= 0.6 is 0 Å². The molecule has 1 saturated carbocycles. The van der Waals surface area contributed by atoms with E-state index >= 15 is 0 Å². The molecule has 0 bridgehead atoms. The van der Waals surface area contributed by atoms with Gasteiger partial charge < -0.3 is 20.1 Å². The van der Waals surface area contributed by atoms with Crippen molar-refractivity contribution < 1.29 is 14.3 Å². The fourth-order valence-electron chi connectivity index (χ4n) is 3.89. The first kappa shape index (κ1) is 17.8. The summed E-state index contributed by atoms with van der Waals surface area (Å²) in [7, 11) is 0. The maximum absolute atomic E-state index is 13.3. The van der Waals surface area contributed by atoms with Gasteiger partial charge in [-0.1, -0.05) is 12.5 Å². The lowest BCUT2D eigenvalue weighted by Gasteiger charge is -2.31. The predicted molar refractivity (Wildman–Crippen MR) is 101 cm³/mol. The number of hydrogen-bond acceptors (Lipinski definition) is 5. The van der Waals surface area contributed by atoms with Crippen LogP contribution in [0.5, 0.6) is 11.5 Å². The van der Waals surface area contributed by atoms with Gasteiger partial charge >= 0.3 is 0 Å². The van der Waals surface area contributed by atoms with Gasteiger partial charge in [0, 0.05) is 37.4 Å². The number of aromatic nitrogens is 1. The minimum absolute atomic E-state index is 0.00426. The quantitative estimate of drug-likeness (QED) is 0.879. The molecule has 1 aromatic carbocycles. The molecule has 0 spiro atoms. The Hall–Kier alpha value is -2.60. The molecule has 6 nitrogen and oxygen atoms in total. The van der Waals surface area contributed by atoms with Crippen LogP contribution in [0, 0.1) is 5.92 Å². The number of hydrogen-bond donors (Lipinski definition) is 1. The van der Waals surface area contributed by atoms with E-state index in [-0.39, 0.29) is 24.7 Å². The summed E-state index contributed by atoms with van der Waals surface area (Å²) in [5.74, 6) is 1.68. The lowest BCUT2D eigenvalue weighted by molar-refractivity contribution is -0.138. The highest BCUT2D eigenvalue weighted by Crippen LogP contribution is 2.33. The van der Waals surface area contributed by atoms with E-state index in [1.165, 1.54) is 0 Å². The molecule has 2 aromatic rings. The molecule has 1 fully saturated rings. The fourth-order valence-corrected chi connectivity index (χ4v) is 3.89. The number of pyridine rings is 1. The van der Waals surface area contributed by atoms with Crippen LogP contribution in [-0.2, 0) is 17.9 Å². The largest absolute Gasteiger partial charge is 0.454 e. The standard InChI is InChI=1S/C21H25N3O3/c22-18-3-1-2-17(11-18)21(25)24(12-15-6-8-23-9-7-15)13-16-4-5-19-20(10-16)27-14-26-19/h4-10,17-18H,1-3,11-14,22H2/t17-,18+/m1/s1. The molecule has 2 N–H and O–H groups in total. The molecule has 0 saturated heterocycles. The summed E-state index contributed by atoms with van der Waals surface area (Å²) in [6, 6.07) is 9.89. The highest BCUT2D eigenvalue weighted by molar-refractivity contribution is 5.79. The SMILES string of the molecule is N[C@H]1CCC[C@@H](C(=O)N(Cc2ccncc2)Cc2ccc3c(c2)OCO3)C1. The van der Waals surface area contributed by atoms with Gasteiger partial charge in [-0.25, -0.2) is 0 Å². The lowest BCUT2D eigenvalue weighted by Crippen LogP contribution is -2.40. The topological polar surface area (TPSA) is 77.7 Å². The number of amides is 1. The number of nitrogens with zero attached hydrogens (tertiary/aromatic N) is 2. The van der Waals surface area contributed by atoms with Gasteiger partial charge in [0.2, 0.25) is 12.7 Å². The third-order valence-electron chi connectivity index (χ3n) is 5.31. The molecule has 142 valence electrons. The molecule has 1 aliphatic carbocycles. The van der Waals surface area contributed by atoms with Gasteiger partial charge in [0.05, 0.1) is 0 Å². The van der Waals surface area contributed by atoms with Gasteiger partial charge in [0.15, 0.2) is 11.5 Å². The molecule has 1 aromatic heterocycles. The normalized spacial score (nSPS) is 21.1. The number of fused-ring (bicyclic) bond motifs is 1. The van der Waals surface area contributed by atoms with Crippen LogP contribution in [-0.4, -0.2) is 28.6 Å². The van der Waals surface area contributed by atoms with Crippen molar-refractivity contribution in [3.63, 3.8) is 0 Å². The second-order valence-electron chi connectivity index (χ2n) is 7.36. The average Bonchev–Trinajstić information content (AvgIpc) is 3.15. The molecule has 0 radical (unpaired) electrons. The Kier molecular flexibility index (Phi) is 5.25. The average molecular weight is 367 g/mol. The Balaban J connectivity index is 1.54. The molecule has 27 heavy (non-hydrogen) atoms. The molecule has 2 aliphatic rings. The van der Waals surface area contributed by atoms with E-state index in [9.17, 15) is 4.79 Å². The smallest absolute Gasteiger partial charge is 0.231 e. The molecular formula is C21H25N3O3. The third kappa shape index (κ3) is 4.22. The van der Waals surface area contributed by atoms with Crippen molar-refractivity contribution in [1.29, 1.82) is 0 Å². The number of ether oxygens (including phenoxy) is 2. The minimum Gasteiger partial charge on any atom is -0.454 e. The van der Waals surface area contributed by atoms with Crippen LogP contribution < -0.4 is 15.2 Å². The van der Waals surface area contributed by atoms with Gasteiger partial charge in [-0.2, -0.15) is 0 Å². The van der Waals surface area contributed by atoms with E-state index in [1.54, 1.807) is 12.4 Å². The highest BCUT2D eigenvalue weighted by Gasteiger charge is 2.29. The second-order valence-corrected chi connectivity index (χ2v) is 7.36. The highest BCUT2D eigenvalue weighted by atomic mass is 16.7. The number of benzene rings is 1. The number of rotatable bonds is 5. The monoisotopic (exact) mass is 367 g/mol. The molecule has 2 heterocycles. The van der Waals surface area contributed by atoms with Crippen molar-refractivity contribution in [2.24, 2.45) is 11.7 Å². The van der Waals surface area contributed by atoms with Crippen LogP contribution in [0.3, 0.4) is 0 Å². The van der Waals surface area contributed by atoms with Gasteiger partial charge in [-0.15, -0.1) is 0 Å². The third-order valence-corrected chi connectivity index (χ3v) is 5.31. The van der Waals surface area contributed by atoms with Crippen molar-refractivity contribution in [3.8, 4) is 11.5 Å². The maximum atomic E-state index is 13.3. The second kappa shape index (κ2) is 7.96. The van der Waals surface area contributed by atoms with Crippen LogP contribution in [0.2, 0.25) is 0 Å². The summed E-state index contributed by atoms with van der Waals surface area (Å²) in [4.78, 5) is 19.3. The zero-order valence-corrected chi connectivity index (χ0v) is 15.3. The Labute approximate surface area is 159 Å². The molecule has 1 amide bonds. The Morgan fingerprint density at radius 2 is 1.85 bits per heavy atom. The van der Waals surface area contributed by atoms with E-state index in [0.29, 0.717) is 13.1 Å². The van der Waals surface area contributed by atoms with Crippen molar-refractivity contribution in [3.05, 3.63) is 53.9 Å². The molecule has 1 aliphatic heterocycles. The summed E-state index contributed by atoms with van der Waals surface area (Å²) >= 11 is 0. The van der Waals surface area contributed by atoms with E-state index in [1.807, 2.05) is 35.2 Å². The summed E-state index contributed by atoms with van der Waals surface area (Å²) in [5, 5.41) is 0. The molecule has 2 atom stereocenters. The summed E-state index contributed by atoms with van der Waals surface area (Å²) in [6.07, 6.45) is 7.23. The number of nitrogens with two attached hydrogens (primary N) is 1. The van der Waals surface area contributed by atoms with Crippen molar-refractivity contribution >= 4 is 5.91 Å². The Morgan fingerprint density at radius 3 is 2.67 bits per heavy atom. The van der Waals surface area contributed by atoms with Crippen molar-refractivity contribution in [2.75, 3.05) is 6.79 Å². The van der Waals surface area contributed by atoms with Gasteiger partial charge in [-0.3, -0.25) is 9.78 Å². The maximum Gasteiger partial charge on any atom is 0.231 e. The minimum atomic E-state index is 0.00426. The molecule has 4 rings (SSSR count). The van der Waals surface area contributed by atoms with Gasteiger partial charge in [-0.05, 0) is 54.7 Å². The summed E-state index contributed by atoms with van der Waals surface area (Å²) < 4.78 is 10.9. The molecule has 0 unspecified atom stereocenters. The van der Waals surface area contributed by atoms with E-state index in [0.717, 1.165) is 48.3 Å². The first-order chi connectivity index (χ1) is 13.2. The Morgan fingerprint density at radius 1 is 1.07 bits per heavy atom. The van der Waals surface area contributed by atoms with Crippen molar-refractivity contribution in [2.45, 2.75) is 44.8 Å². The summed E-state index contributed by atoms with van der Waals surface area (Å²) in [6.45, 7) is 1.34. The lowest BCUT2D eigenvalue weighted by atomic mass is 9.85. The van der Waals surface area contributed by atoms with E-state index < -0.39 is 0 Å². The van der Waals surface area contributed by atoms with Crippen molar-refractivity contribution in [1.82, 2.24) is 9.88 Å². The van der Waals surface area contributed by atoms with Gasteiger partial charge in [0.1, 0.15) is 0 Å². The zero-order chi connectivity index (χ0) is 18.6. The zero-order valence-electron chi connectivity index (χ0n) is 15.3. The van der Waals surface area contributed by atoms with E-state index in [2.05, 4.69) is 4.98 Å². The van der Waals surface area contributed by atoms with E-state index in [4.69, 9.17) is 15.2 Å². The van der Waals surface area contributed by atoms with Crippen LogP contribution in [0.25, 0.3) is 0 Å². The first-order valence-corrected chi connectivity index (χ1v) is 9.51. The van der Waals surface area contributed by atoms with Crippen LogP contribution in [0.1, 0.15) is 36.8 Å². The first-order valence-electron chi connectivity index (χ1n) is 9.51. The Bertz CT molecular complexity index is 797. The fraction of sp³-hybridized carbons (Fsp3) is 0.429. The van der Waals surface area contributed by atoms with Crippen LogP contribution in [0.4, 0.5) is 0 Å². The number of carbonyl (C=O) groups excluding carboxylic acids is 1.